The van der Waals surface area contributed by atoms with E-state index in [2.05, 4.69) is 39.9 Å². The molecule has 1 aromatic carbocycles. The van der Waals surface area contributed by atoms with Crippen LogP contribution in [0, 0.1) is 6.92 Å². The van der Waals surface area contributed by atoms with Crippen molar-refractivity contribution in [3.05, 3.63) is 64.8 Å². The number of rotatable bonds is 4. The molecule has 0 unspecified atom stereocenters. The summed E-state index contributed by atoms with van der Waals surface area (Å²) in [4.78, 5) is 35.4. The average Bonchev–Trinajstić information content (AvgIpc) is 2.97. The van der Waals surface area contributed by atoms with Gasteiger partial charge in [0.05, 0.1) is 11.6 Å². The van der Waals surface area contributed by atoms with E-state index in [0.29, 0.717) is 11.6 Å². The van der Waals surface area contributed by atoms with Crippen LogP contribution in [0.15, 0.2) is 53.7 Å². The Balaban J connectivity index is 1.37. The molecule has 4 rings (SSSR count). The molecule has 6 nitrogen and oxygen atoms in total. The Hall–Kier alpha value is -2.64. The number of nitrogens with zero attached hydrogens (tertiary/aromatic N) is 4. The topological polar surface area (TPSA) is 56.8 Å². The van der Waals surface area contributed by atoms with Crippen LogP contribution in [0.3, 0.4) is 0 Å². The second-order valence-electron chi connectivity index (χ2n) is 6.93. The van der Waals surface area contributed by atoms with E-state index in [0.717, 1.165) is 43.5 Å². The molecule has 0 radical (unpaired) electrons. The molecular formula is C21H22N4O2S. The van der Waals surface area contributed by atoms with Crippen LogP contribution >= 0.6 is 11.8 Å². The molecule has 0 N–H and O–H groups in total. The van der Waals surface area contributed by atoms with Gasteiger partial charge in [-0.15, -0.1) is 0 Å². The van der Waals surface area contributed by atoms with Gasteiger partial charge in [-0.05, 0) is 48.0 Å². The number of amides is 2. The molecule has 144 valence electrons. The van der Waals surface area contributed by atoms with Crippen molar-refractivity contribution in [2.24, 2.45) is 0 Å². The lowest BCUT2D eigenvalue weighted by molar-refractivity contribution is -0.124. The van der Waals surface area contributed by atoms with Gasteiger partial charge in [0.15, 0.2) is 0 Å². The largest absolute Gasteiger partial charge is 0.369 e. The lowest BCUT2D eigenvalue weighted by Crippen LogP contribution is -2.51. The number of carbonyl (C=O) groups excluding carboxylic acids is 2. The van der Waals surface area contributed by atoms with E-state index >= 15 is 0 Å². The monoisotopic (exact) mass is 394 g/mol. The molecule has 1 aromatic heterocycles. The van der Waals surface area contributed by atoms with Gasteiger partial charge in [-0.25, -0.2) is 0 Å². The first-order valence-corrected chi connectivity index (χ1v) is 10.1. The smallest absolute Gasteiger partial charge is 0.294 e. The van der Waals surface area contributed by atoms with Crippen molar-refractivity contribution in [1.29, 1.82) is 0 Å². The van der Waals surface area contributed by atoms with Crippen molar-refractivity contribution in [1.82, 2.24) is 14.8 Å². The minimum atomic E-state index is -0.222. The van der Waals surface area contributed by atoms with Crippen molar-refractivity contribution >= 4 is 34.7 Å². The normalized spacial score (nSPS) is 19.7. The Labute approximate surface area is 168 Å². The number of aromatic nitrogens is 1. The van der Waals surface area contributed by atoms with Crippen LogP contribution in [-0.2, 0) is 4.79 Å². The Morgan fingerprint density at radius 3 is 2.57 bits per heavy atom. The third-order valence-corrected chi connectivity index (χ3v) is 5.93. The minimum Gasteiger partial charge on any atom is -0.369 e. The first kappa shape index (κ1) is 18.7. The molecule has 0 spiro atoms. The molecule has 2 aliphatic heterocycles. The molecule has 28 heavy (non-hydrogen) atoms. The number of hydrogen-bond donors (Lipinski definition) is 0. The standard InChI is InChI=1S/C21H22N4O2S/c1-16-5-2-3-7-18(16)24-11-9-23(10-12-24)15-25-20(26)19(28-21(25)27)13-17-6-4-8-22-14-17/h2-8,13-14H,9-12,15H2,1H3/b19-13+. The average molecular weight is 395 g/mol. The highest BCUT2D eigenvalue weighted by atomic mass is 32.2. The Bertz CT molecular complexity index is 908. The number of para-hydroxylation sites is 1. The summed E-state index contributed by atoms with van der Waals surface area (Å²) < 4.78 is 0. The van der Waals surface area contributed by atoms with E-state index < -0.39 is 0 Å². The molecule has 7 heteroatoms. The third-order valence-electron chi connectivity index (χ3n) is 5.03. The first-order valence-electron chi connectivity index (χ1n) is 9.30. The van der Waals surface area contributed by atoms with Crippen molar-refractivity contribution < 1.29 is 9.59 Å². The van der Waals surface area contributed by atoms with E-state index in [1.165, 1.54) is 16.2 Å². The van der Waals surface area contributed by atoms with Gasteiger partial charge in [-0.1, -0.05) is 24.3 Å². The predicted octanol–water partition coefficient (Wildman–Crippen LogP) is 3.21. The maximum atomic E-state index is 12.7. The molecule has 2 aliphatic rings. The maximum Gasteiger partial charge on any atom is 0.294 e. The maximum absolute atomic E-state index is 12.7. The molecule has 2 amide bonds. The number of benzene rings is 1. The van der Waals surface area contributed by atoms with Gasteiger partial charge in [0.1, 0.15) is 0 Å². The fourth-order valence-electron chi connectivity index (χ4n) is 3.48. The lowest BCUT2D eigenvalue weighted by Gasteiger charge is -2.37. The van der Waals surface area contributed by atoms with Crippen molar-refractivity contribution in [2.45, 2.75) is 6.92 Å². The molecule has 0 aliphatic carbocycles. The van der Waals surface area contributed by atoms with Crippen LogP contribution in [0.25, 0.3) is 6.08 Å². The highest BCUT2D eigenvalue weighted by molar-refractivity contribution is 8.18. The quantitative estimate of drug-likeness (QED) is 0.743. The van der Waals surface area contributed by atoms with Crippen LogP contribution in [0.5, 0.6) is 0 Å². The molecule has 2 fully saturated rings. The number of pyridine rings is 1. The molecule has 2 aromatic rings. The number of thioether (sulfide) groups is 1. The molecular weight excluding hydrogens is 372 g/mol. The molecule has 0 atom stereocenters. The van der Waals surface area contributed by atoms with Crippen molar-refractivity contribution in [3.63, 3.8) is 0 Å². The second kappa shape index (κ2) is 8.16. The summed E-state index contributed by atoms with van der Waals surface area (Å²) in [7, 11) is 0. The van der Waals surface area contributed by atoms with E-state index in [-0.39, 0.29) is 11.1 Å². The van der Waals surface area contributed by atoms with Gasteiger partial charge in [-0.2, -0.15) is 0 Å². The summed E-state index contributed by atoms with van der Waals surface area (Å²) in [6.07, 6.45) is 5.09. The number of piperazine rings is 1. The van der Waals surface area contributed by atoms with Crippen molar-refractivity contribution in [3.8, 4) is 0 Å². The number of anilines is 1. The third kappa shape index (κ3) is 3.95. The van der Waals surface area contributed by atoms with Crippen LogP contribution in [0.1, 0.15) is 11.1 Å². The SMILES string of the molecule is Cc1ccccc1N1CCN(CN2C(=O)S/C(=C/c3cccnc3)C2=O)CC1. The molecule has 3 heterocycles. The summed E-state index contributed by atoms with van der Waals surface area (Å²) in [6.45, 7) is 5.86. The summed E-state index contributed by atoms with van der Waals surface area (Å²) >= 11 is 0.998. The van der Waals surface area contributed by atoms with Crippen LogP contribution < -0.4 is 4.90 Å². The zero-order valence-electron chi connectivity index (χ0n) is 15.7. The second-order valence-corrected chi connectivity index (χ2v) is 7.92. The number of imide groups is 1. The van der Waals surface area contributed by atoms with Gasteiger partial charge in [0.25, 0.3) is 11.1 Å². The van der Waals surface area contributed by atoms with Crippen LogP contribution in [-0.4, -0.2) is 58.8 Å². The summed E-state index contributed by atoms with van der Waals surface area (Å²) in [5.74, 6) is -0.222. The highest BCUT2D eigenvalue weighted by Gasteiger charge is 2.36. The number of aryl methyl sites for hydroxylation is 1. The Morgan fingerprint density at radius 1 is 1.07 bits per heavy atom. The van der Waals surface area contributed by atoms with Crippen LogP contribution in [0.4, 0.5) is 10.5 Å². The first-order chi connectivity index (χ1) is 13.6. The summed E-state index contributed by atoms with van der Waals surface area (Å²) in [6, 6.07) is 12.1. The van der Waals surface area contributed by atoms with Gasteiger partial charge in [0.2, 0.25) is 0 Å². The zero-order valence-corrected chi connectivity index (χ0v) is 16.6. The van der Waals surface area contributed by atoms with Gasteiger partial charge < -0.3 is 4.90 Å². The summed E-state index contributed by atoms with van der Waals surface area (Å²) in [5.41, 5.74) is 3.34. The van der Waals surface area contributed by atoms with Gasteiger partial charge >= 0.3 is 0 Å². The highest BCUT2D eigenvalue weighted by Crippen LogP contribution is 2.32. The molecule has 2 saturated heterocycles. The van der Waals surface area contributed by atoms with Gasteiger partial charge in [-0.3, -0.25) is 24.4 Å². The van der Waals surface area contributed by atoms with Crippen LogP contribution in [0.2, 0.25) is 0 Å². The fourth-order valence-corrected chi connectivity index (χ4v) is 4.31. The van der Waals surface area contributed by atoms with Crippen molar-refractivity contribution in [2.75, 3.05) is 37.7 Å². The number of hydrogen-bond acceptors (Lipinski definition) is 6. The Kier molecular flexibility index (Phi) is 5.45. The zero-order chi connectivity index (χ0) is 19.5. The van der Waals surface area contributed by atoms with E-state index in [9.17, 15) is 9.59 Å². The van der Waals surface area contributed by atoms with E-state index in [1.807, 2.05) is 18.2 Å². The summed E-state index contributed by atoms with van der Waals surface area (Å²) in [5, 5.41) is -0.207. The van der Waals surface area contributed by atoms with E-state index in [4.69, 9.17) is 0 Å². The minimum absolute atomic E-state index is 0.207. The molecule has 0 bridgehead atoms. The number of carbonyl (C=O) groups is 2. The van der Waals surface area contributed by atoms with Gasteiger partial charge in [0, 0.05) is 44.3 Å². The predicted molar refractivity (Wildman–Crippen MR) is 112 cm³/mol. The molecule has 0 saturated carbocycles. The lowest BCUT2D eigenvalue weighted by atomic mass is 10.1. The van der Waals surface area contributed by atoms with E-state index in [1.54, 1.807) is 18.5 Å². The Morgan fingerprint density at radius 2 is 1.86 bits per heavy atom. The fraction of sp³-hybridized carbons (Fsp3) is 0.286.